The highest BCUT2D eigenvalue weighted by atomic mass is 16.2. The molecule has 1 rings (SSSR count). The Morgan fingerprint density at radius 3 is 2.11 bits per heavy atom. The van der Waals surface area contributed by atoms with Crippen molar-refractivity contribution in [2.75, 3.05) is 6.54 Å². The van der Waals surface area contributed by atoms with Gasteiger partial charge in [0.2, 0.25) is 5.91 Å². The molecule has 0 fully saturated rings. The highest BCUT2D eigenvalue weighted by Gasteiger charge is 2.14. The Hall–Kier alpha value is -1.64. The molecule has 3 heteroatoms. The Kier molecular flexibility index (Phi) is 5.28. The van der Waals surface area contributed by atoms with Crippen molar-refractivity contribution in [2.45, 2.75) is 41.0 Å². The Labute approximate surface area is 115 Å². The van der Waals surface area contributed by atoms with Crippen molar-refractivity contribution in [3.05, 3.63) is 34.4 Å². The van der Waals surface area contributed by atoms with Gasteiger partial charge in [0.15, 0.2) is 5.78 Å². The van der Waals surface area contributed by atoms with Gasteiger partial charge in [-0.15, -0.1) is 0 Å². The molecule has 19 heavy (non-hydrogen) atoms. The fraction of sp³-hybridized carbons (Fsp3) is 0.500. The highest BCUT2D eigenvalue weighted by molar-refractivity contribution is 6.01. The van der Waals surface area contributed by atoms with E-state index in [1.807, 2.05) is 46.8 Å². The number of hydrogen-bond acceptors (Lipinski definition) is 2. The van der Waals surface area contributed by atoms with E-state index in [1.165, 1.54) is 0 Å². The largest absolute Gasteiger partial charge is 0.349 e. The number of rotatable bonds is 5. The van der Waals surface area contributed by atoms with Gasteiger partial charge in [0.25, 0.3) is 0 Å². The number of nitrogens with one attached hydrogen (secondary N) is 1. The van der Waals surface area contributed by atoms with Crippen LogP contribution in [0.15, 0.2) is 12.1 Å². The standard InChI is InChI=1S/C16H23NO2/c1-10(2)6-15(19)17-9-14(18)16-12(4)7-11(3)8-13(16)5/h7-8,10H,6,9H2,1-5H3,(H,17,19). The molecule has 0 heterocycles. The van der Waals surface area contributed by atoms with Crippen LogP contribution < -0.4 is 5.32 Å². The second kappa shape index (κ2) is 6.50. The molecule has 0 bridgehead atoms. The smallest absolute Gasteiger partial charge is 0.220 e. The molecule has 3 nitrogen and oxygen atoms in total. The lowest BCUT2D eigenvalue weighted by molar-refractivity contribution is -0.121. The van der Waals surface area contributed by atoms with Crippen molar-refractivity contribution >= 4 is 11.7 Å². The maximum atomic E-state index is 12.2. The first kappa shape index (κ1) is 15.4. The molecular weight excluding hydrogens is 238 g/mol. The van der Waals surface area contributed by atoms with Gasteiger partial charge in [-0.05, 0) is 37.8 Å². The van der Waals surface area contributed by atoms with E-state index in [1.54, 1.807) is 0 Å². The van der Waals surface area contributed by atoms with Crippen LogP contribution in [0.4, 0.5) is 0 Å². The van der Waals surface area contributed by atoms with Crippen molar-refractivity contribution < 1.29 is 9.59 Å². The Morgan fingerprint density at radius 2 is 1.63 bits per heavy atom. The first-order chi connectivity index (χ1) is 8.81. The van der Waals surface area contributed by atoms with Crippen LogP contribution in [0, 0.1) is 26.7 Å². The Bertz CT molecular complexity index is 467. The summed E-state index contributed by atoms with van der Waals surface area (Å²) in [5.74, 6) is 0.218. The summed E-state index contributed by atoms with van der Waals surface area (Å²) in [4.78, 5) is 23.7. The van der Waals surface area contributed by atoms with Crippen LogP contribution in [-0.4, -0.2) is 18.2 Å². The van der Waals surface area contributed by atoms with Gasteiger partial charge in [-0.1, -0.05) is 31.5 Å². The fourth-order valence-corrected chi connectivity index (χ4v) is 2.33. The first-order valence-electron chi connectivity index (χ1n) is 6.69. The molecule has 0 atom stereocenters. The SMILES string of the molecule is Cc1cc(C)c(C(=O)CNC(=O)CC(C)C)c(C)c1. The number of hydrogen-bond donors (Lipinski definition) is 1. The molecule has 0 unspecified atom stereocenters. The minimum Gasteiger partial charge on any atom is -0.349 e. The highest BCUT2D eigenvalue weighted by Crippen LogP contribution is 2.16. The lowest BCUT2D eigenvalue weighted by Gasteiger charge is -2.11. The van der Waals surface area contributed by atoms with Crippen molar-refractivity contribution in [1.82, 2.24) is 5.32 Å². The minimum atomic E-state index is -0.0641. The topological polar surface area (TPSA) is 46.2 Å². The predicted molar refractivity (Wildman–Crippen MR) is 77.4 cm³/mol. The van der Waals surface area contributed by atoms with Gasteiger partial charge in [0.1, 0.15) is 0 Å². The van der Waals surface area contributed by atoms with Gasteiger partial charge >= 0.3 is 0 Å². The van der Waals surface area contributed by atoms with Crippen molar-refractivity contribution in [1.29, 1.82) is 0 Å². The van der Waals surface area contributed by atoms with Crippen LogP contribution in [0.25, 0.3) is 0 Å². The van der Waals surface area contributed by atoms with Gasteiger partial charge in [-0.2, -0.15) is 0 Å². The van der Waals surface area contributed by atoms with Crippen molar-refractivity contribution in [3.63, 3.8) is 0 Å². The second-order valence-corrected chi connectivity index (χ2v) is 5.57. The molecule has 1 N–H and O–H groups in total. The molecule has 0 aliphatic carbocycles. The average Bonchev–Trinajstić information content (AvgIpc) is 2.23. The van der Waals surface area contributed by atoms with Crippen LogP contribution in [0.5, 0.6) is 0 Å². The minimum absolute atomic E-state index is 0.0212. The zero-order chi connectivity index (χ0) is 14.6. The molecule has 0 aliphatic heterocycles. The number of carbonyl (C=O) groups excluding carboxylic acids is 2. The van der Waals surface area contributed by atoms with Crippen LogP contribution in [0.1, 0.15) is 47.3 Å². The third kappa shape index (κ3) is 4.51. The number of aryl methyl sites for hydroxylation is 3. The molecule has 1 aromatic rings. The molecular formula is C16H23NO2. The summed E-state index contributed by atoms with van der Waals surface area (Å²) in [5.41, 5.74) is 3.83. The number of Topliss-reactive ketones (excluding diaryl/α,β-unsaturated/α-hetero) is 1. The fourth-order valence-electron chi connectivity index (χ4n) is 2.33. The third-order valence-electron chi connectivity index (χ3n) is 3.00. The maximum Gasteiger partial charge on any atom is 0.220 e. The molecule has 104 valence electrons. The summed E-state index contributed by atoms with van der Waals surface area (Å²) in [6.07, 6.45) is 0.457. The van der Waals surface area contributed by atoms with Gasteiger partial charge in [0, 0.05) is 12.0 Å². The zero-order valence-corrected chi connectivity index (χ0v) is 12.5. The van der Waals surface area contributed by atoms with Gasteiger partial charge in [0.05, 0.1) is 6.54 Å². The van der Waals surface area contributed by atoms with Crippen LogP contribution >= 0.6 is 0 Å². The second-order valence-electron chi connectivity index (χ2n) is 5.57. The van der Waals surface area contributed by atoms with Gasteiger partial charge in [-0.3, -0.25) is 9.59 Å². The van der Waals surface area contributed by atoms with Crippen molar-refractivity contribution in [3.8, 4) is 0 Å². The summed E-state index contributed by atoms with van der Waals surface area (Å²) in [6.45, 7) is 9.92. The lowest BCUT2D eigenvalue weighted by atomic mass is 9.96. The summed E-state index contributed by atoms with van der Waals surface area (Å²) in [7, 11) is 0. The van der Waals surface area contributed by atoms with E-state index >= 15 is 0 Å². The molecule has 0 spiro atoms. The first-order valence-corrected chi connectivity index (χ1v) is 6.69. The summed E-state index contributed by atoms with van der Waals surface area (Å²) in [5, 5.41) is 2.69. The van der Waals surface area contributed by atoms with Crippen LogP contribution in [0.2, 0.25) is 0 Å². The molecule has 0 radical (unpaired) electrons. The molecule has 1 aromatic carbocycles. The summed E-state index contributed by atoms with van der Waals surface area (Å²) in [6, 6.07) is 3.99. The summed E-state index contributed by atoms with van der Waals surface area (Å²) >= 11 is 0. The Balaban J connectivity index is 2.72. The molecule has 0 saturated heterocycles. The molecule has 0 aliphatic rings. The number of benzene rings is 1. The van der Waals surface area contributed by atoms with Crippen LogP contribution in [-0.2, 0) is 4.79 Å². The number of carbonyl (C=O) groups is 2. The lowest BCUT2D eigenvalue weighted by Crippen LogP contribution is -2.30. The van der Waals surface area contributed by atoms with Gasteiger partial charge in [-0.25, -0.2) is 0 Å². The van der Waals surface area contributed by atoms with E-state index in [-0.39, 0.29) is 18.2 Å². The Morgan fingerprint density at radius 1 is 1.11 bits per heavy atom. The quantitative estimate of drug-likeness (QED) is 0.828. The normalized spacial score (nSPS) is 10.6. The molecule has 0 aromatic heterocycles. The number of ketones is 1. The van der Waals surface area contributed by atoms with E-state index in [9.17, 15) is 9.59 Å². The van der Waals surface area contributed by atoms with E-state index in [0.717, 1.165) is 22.3 Å². The predicted octanol–water partition coefficient (Wildman–Crippen LogP) is 2.96. The number of amides is 1. The molecule has 0 saturated carbocycles. The van der Waals surface area contributed by atoms with E-state index in [2.05, 4.69) is 5.32 Å². The van der Waals surface area contributed by atoms with E-state index < -0.39 is 0 Å². The van der Waals surface area contributed by atoms with Crippen LogP contribution in [0.3, 0.4) is 0 Å². The van der Waals surface area contributed by atoms with E-state index in [4.69, 9.17) is 0 Å². The van der Waals surface area contributed by atoms with Crippen molar-refractivity contribution in [2.24, 2.45) is 5.92 Å². The van der Waals surface area contributed by atoms with Gasteiger partial charge < -0.3 is 5.32 Å². The van der Waals surface area contributed by atoms with E-state index in [0.29, 0.717) is 12.3 Å². The summed E-state index contributed by atoms with van der Waals surface area (Å²) < 4.78 is 0. The zero-order valence-electron chi connectivity index (χ0n) is 12.5. The maximum absolute atomic E-state index is 12.2. The molecule has 1 amide bonds. The third-order valence-corrected chi connectivity index (χ3v) is 3.00. The average molecular weight is 261 g/mol. The monoisotopic (exact) mass is 261 g/mol.